The molecule has 6 heteroatoms. The summed E-state index contributed by atoms with van der Waals surface area (Å²) in [5, 5.41) is 0.516. The molecule has 108 valence electrons. The summed E-state index contributed by atoms with van der Waals surface area (Å²) >= 11 is 11.1. The van der Waals surface area contributed by atoms with Gasteiger partial charge >= 0.3 is 0 Å². The molecule has 0 atom stereocenters. The highest BCUT2D eigenvalue weighted by Crippen LogP contribution is 2.38. The molecule has 0 saturated carbocycles. The molecule has 21 heavy (non-hydrogen) atoms. The summed E-state index contributed by atoms with van der Waals surface area (Å²) < 4.78 is 6.30. The maximum Gasteiger partial charge on any atom is 0.207 e. The number of fused-ring (bicyclic) bond motifs is 1. The lowest BCUT2D eigenvalue weighted by molar-refractivity contribution is 0.103. The van der Waals surface area contributed by atoms with E-state index in [1.807, 2.05) is 19.1 Å². The Labute approximate surface area is 139 Å². The molecule has 3 nitrogen and oxygen atoms in total. The largest absolute Gasteiger partial charge is 0.495 e. The first-order valence-corrected chi connectivity index (χ1v) is 8.23. The highest BCUT2D eigenvalue weighted by Gasteiger charge is 2.32. The van der Waals surface area contributed by atoms with Crippen molar-refractivity contribution in [2.45, 2.75) is 13.3 Å². The van der Waals surface area contributed by atoms with Gasteiger partial charge in [-0.3, -0.25) is 9.79 Å². The van der Waals surface area contributed by atoms with E-state index in [-0.39, 0.29) is 5.78 Å². The smallest absolute Gasteiger partial charge is 0.207 e. The van der Waals surface area contributed by atoms with Crippen molar-refractivity contribution < 1.29 is 9.53 Å². The molecule has 0 spiro atoms. The first-order valence-electron chi connectivity index (χ1n) is 6.25. The van der Waals surface area contributed by atoms with E-state index in [4.69, 9.17) is 16.3 Å². The Morgan fingerprint density at radius 3 is 2.86 bits per heavy atom. The van der Waals surface area contributed by atoms with Gasteiger partial charge in [0.25, 0.3) is 0 Å². The molecule has 0 saturated heterocycles. The second-order valence-corrected chi connectivity index (χ2v) is 7.60. The average Bonchev–Trinajstić information content (AvgIpc) is 3.01. The van der Waals surface area contributed by atoms with Crippen LogP contribution in [-0.2, 0) is 4.74 Å². The zero-order valence-corrected chi connectivity index (χ0v) is 14.5. The highest BCUT2D eigenvalue weighted by molar-refractivity contribution is 9.11. The first-order chi connectivity index (χ1) is 10.0. The zero-order chi connectivity index (χ0) is 15.1. The molecule has 1 aromatic rings. The minimum Gasteiger partial charge on any atom is -0.495 e. The van der Waals surface area contributed by atoms with E-state index in [9.17, 15) is 4.79 Å². The summed E-state index contributed by atoms with van der Waals surface area (Å²) in [7, 11) is 1.53. The van der Waals surface area contributed by atoms with Crippen LogP contribution in [0, 0.1) is 0 Å². The standard InChI is InChI=1S/C15H11BrClNO2S/c1-7-5-8-10(18-7)6-9(17)15(20-2)13(8)14(19)11-3-4-12(16)21-11/h3-5H,6H2,1-2H3. The SMILES string of the molecule is COC1=C(Cl)CC2=NC(C)=CC2=C1C(=O)c1ccc(Br)s1. The van der Waals surface area contributed by atoms with Crippen molar-refractivity contribution in [3.8, 4) is 0 Å². The second kappa shape index (κ2) is 5.55. The number of carbonyl (C=O) groups excluding carboxylic acids is 1. The van der Waals surface area contributed by atoms with E-state index in [0.29, 0.717) is 27.7 Å². The lowest BCUT2D eigenvalue weighted by Gasteiger charge is -2.20. The predicted molar refractivity (Wildman–Crippen MR) is 89.1 cm³/mol. The number of ether oxygens (including phenoxy) is 1. The Hall–Kier alpha value is -1.17. The quantitative estimate of drug-likeness (QED) is 0.699. The van der Waals surface area contributed by atoms with Gasteiger partial charge in [0, 0.05) is 17.7 Å². The first kappa shape index (κ1) is 14.8. The number of nitrogens with zero attached hydrogens (tertiary/aromatic N) is 1. The van der Waals surface area contributed by atoms with Crippen molar-refractivity contribution in [3.05, 3.63) is 54.5 Å². The number of allylic oxidation sites excluding steroid dienone is 5. The summed E-state index contributed by atoms with van der Waals surface area (Å²) in [5.74, 6) is 0.361. The van der Waals surface area contributed by atoms with Crippen LogP contribution < -0.4 is 0 Å². The summed E-state index contributed by atoms with van der Waals surface area (Å²) in [4.78, 5) is 17.9. The molecule has 1 aliphatic heterocycles. The number of halogens is 2. The highest BCUT2D eigenvalue weighted by atomic mass is 79.9. The Balaban J connectivity index is 2.17. The lowest BCUT2D eigenvalue weighted by Crippen LogP contribution is -2.18. The average molecular weight is 385 g/mol. The maximum atomic E-state index is 12.9. The second-order valence-electron chi connectivity index (χ2n) is 4.68. The monoisotopic (exact) mass is 383 g/mol. The van der Waals surface area contributed by atoms with Gasteiger partial charge in [0.15, 0.2) is 0 Å². The van der Waals surface area contributed by atoms with Crippen LogP contribution in [0.15, 0.2) is 54.6 Å². The van der Waals surface area contributed by atoms with Crippen LogP contribution in [0.1, 0.15) is 23.0 Å². The fourth-order valence-electron chi connectivity index (χ4n) is 2.43. The molecular weight excluding hydrogens is 374 g/mol. The van der Waals surface area contributed by atoms with Gasteiger partial charge in [0.05, 0.1) is 32.1 Å². The van der Waals surface area contributed by atoms with Crippen LogP contribution in [0.5, 0.6) is 0 Å². The van der Waals surface area contributed by atoms with Gasteiger partial charge in [-0.25, -0.2) is 0 Å². The van der Waals surface area contributed by atoms with Crippen LogP contribution in [0.25, 0.3) is 0 Å². The Kier molecular flexibility index (Phi) is 3.90. The van der Waals surface area contributed by atoms with E-state index in [0.717, 1.165) is 20.8 Å². The number of methoxy groups -OCH3 is 1. The van der Waals surface area contributed by atoms with Crippen LogP contribution in [0.3, 0.4) is 0 Å². The van der Waals surface area contributed by atoms with E-state index >= 15 is 0 Å². The van der Waals surface area contributed by atoms with Crippen molar-refractivity contribution in [3.63, 3.8) is 0 Å². The molecule has 0 radical (unpaired) electrons. The molecule has 1 aromatic heterocycles. The minimum absolute atomic E-state index is 0.0888. The fourth-order valence-corrected chi connectivity index (χ4v) is 4.06. The molecule has 2 heterocycles. The van der Waals surface area contributed by atoms with Gasteiger partial charge in [-0.2, -0.15) is 0 Å². The molecule has 0 N–H and O–H groups in total. The number of Topliss-reactive ketones (excluding diaryl/α,β-unsaturated/α-hetero) is 1. The van der Waals surface area contributed by atoms with E-state index in [1.165, 1.54) is 18.4 Å². The number of hydrogen-bond acceptors (Lipinski definition) is 4. The normalized spacial score (nSPS) is 17.7. The maximum absolute atomic E-state index is 12.9. The molecule has 0 amide bonds. The third-order valence-corrected chi connectivity index (χ3v) is 5.20. The summed E-state index contributed by atoms with van der Waals surface area (Å²) in [6, 6.07) is 3.65. The fraction of sp³-hybridized carbons (Fsp3) is 0.200. The third-order valence-electron chi connectivity index (χ3n) is 3.27. The molecule has 1 aliphatic carbocycles. The molecule has 0 fully saturated rings. The van der Waals surface area contributed by atoms with Crippen molar-refractivity contribution in [2.24, 2.45) is 4.99 Å². The number of hydrogen-bond donors (Lipinski definition) is 0. The van der Waals surface area contributed by atoms with Gasteiger partial charge in [-0.1, -0.05) is 11.6 Å². The molecule has 2 aliphatic rings. The molecule has 3 rings (SSSR count). The number of thiophene rings is 1. The molecule has 0 bridgehead atoms. The van der Waals surface area contributed by atoms with Crippen LogP contribution >= 0.6 is 38.9 Å². The topological polar surface area (TPSA) is 38.7 Å². The van der Waals surface area contributed by atoms with Crippen LogP contribution in [0.4, 0.5) is 0 Å². The van der Waals surface area contributed by atoms with Gasteiger partial charge in [-0.15, -0.1) is 11.3 Å². The van der Waals surface area contributed by atoms with Crippen molar-refractivity contribution in [2.75, 3.05) is 7.11 Å². The van der Waals surface area contributed by atoms with Gasteiger partial charge < -0.3 is 4.74 Å². The van der Waals surface area contributed by atoms with Crippen molar-refractivity contribution in [1.82, 2.24) is 0 Å². The Morgan fingerprint density at radius 1 is 1.48 bits per heavy atom. The summed E-state index contributed by atoms with van der Waals surface area (Å²) in [6.45, 7) is 1.91. The van der Waals surface area contributed by atoms with E-state index < -0.39 is 0 Å². The van der Waals surface area contributed by atoms with E-state index in [2.05, 4.69) is 20.9 Å². The van der Waals surface area contributed by atoms with Gasteiger partial charge in [0.1, 0.15) is 5.76 Å². The lowest BCUT2D eigenvalue weighted by atomic mass is 9.91. The summed E-state index contributed by atoms with van der Waals surface area (Å²) in [5.41, 5.74) is 3.03. The number of carbonyl (C=O) groups is 1. The third kappa shape index (κ3) is 2.54. The summed E-state index contributed by atoms with van der Waals surface area (Å²) in [6.07, 6.45) is 2.41. The van der Waals surface area contributed by atoms with Gasteiger partial charge in [0.2, 0.25) is 5.78 Å². The molecule has 0 unspecified atom stereocenters. The number of aliphatic imine (C=N–C) groups is 1. The number of rotatable bonds is 3. The minimum atomic E-state index is -0.0888. The zero-order valence-electron chi connectivity index (χ0n) is 11.4. The van der Waals surface area contributed by atoms with Crippen LogP contribution in [-0.4, -0.2) is 18.6 Å². The van der Waals surface area contributed by atoms with Crippen molar-refractivity contribution in [1.29, 1.82) is 0 Å². The Bertz CT molecular complexity index is 770. The predicted octanol–water partition coefficient (Wildman–Crippen LogP) is 4.85. The molecular formula is C15H11BrClNO2S. The van der Waals surface area contributed by atoms with Crippen LogP contribution in [0.2, 0.25) is 0 Å². The number of ketones is 1. The van der Waals surface area contributed by atoms with Gasteiger partial charge in [-0.05, 0) is 41.1 Å². The van der Waals surface area contributed by atoms with E-state index in [1.54, 1.807) is 6.07 Å². The molecule has 0 aromatic carbocycles. The van der Waals surface area contributed by atoms with Crippen molar-refractivity contribution >= 4 is 50.4 Å². The Morgan fingerprint density at radius 2 is 2.24 bits per heavy atom.